The zero-order valence-electron chi connectivity index (χ0n) is 15.1. The minimum absolute atomic E-state index is 0.168. The number of carbonyl (C=O) groups excluding carboxylic acids is 1. The van der Waals surface area contributed by atoms with Crippen molar-refractivity contribution in [1.29, 1.82) is 0 Å². The minimum atomic E-state index is 0.168. The Bertz CT molecular complexity index is 714. The second-order valence-electron chi connectivity index (χ2n) is 6.31. The van der Waals surface area contributed by atoms with Gasteiger partial charge in [0.2, 0.25) is 11.0 Å². The van der Waals surface area contributed by atoms with E-state index in [0.29, 0.717) is 16.9 Å². The molecule has 0 bridgehead atoms. The lowest BCUT2D eigenvalue weighted by Gasteiger charge is -2.31. The van der Waals surface area contributed by atoms with Gasteiger partial charge in [-0.15, -0.1) is 10.2 Å². The zero-order valence-corrected chi connectivity index (χ0v) is 16.7. The molecule has 1 aliphatic rings. The van der Waals surface area contributed by atoms with E-state index in [0.717, 1.165) is 28.6 Å². The number of aromatic nitrogens is 2. The number of ether oxygens (including phenoxy) is 1. The standard InChI is InChI=1S/C18H24N4O2S2/c1-22(14-6-4-3-5-7-14)16(23)12-25-18-21-20-17(26-18)19-13-8-10-15(24-2)11-9-13/h8-11,14H,3-7,12H2,1-2H3,(H,19,20). The number of anilines is 2. The van der Waals surface area contributed by atoms with Crippen LogP contribution in [0.5, 0.6) is 5.75 Å². The molecule has 1 heterocycles. The van der Waals surface area contributed by atoms with Gasteiger partial charge in [-0.1, -0.05) is 42.4 Å². The van der Waals surface area contributed by atoms with Crippen molar-refractivity contribution in [2.45, 2.75) is 42.5 Å². The summed E-state index contributed by atoms with van der Waals surface area (Å²) in [5.74, 6) is 1.39. The number of benzene rings is 1. The van der Waals surface area contributed by atoms with Gasteiger partial charge in [-0.2, -0.15) is 0 Å². The van der Waals surface area contributed by atoms with E-state index in [1.807, 2.05) is 36.2 Å². The monoisotopic (exact) mass is 392 g/mol. The molecule has 1 aliphatic carbocycles. The van der Waals surface area contributed by atoms with Crippen molar-refractivity contribution >= 4 is 39.8 Å². The summed E-state index contributed by atoms with van der Waals surface area (Å²) in [6, 6.07) is 8.03. The van der Waals surface area contributed by atoms with Crippen LogP contribution in [0.15, 0.2) is 28.6 Å². The van der Waals surface area contributed by atoms with Crippen molar-refractivity contribution in [3.63, 3.8) is 0 Å². The van der Waals surface area contributed by atoms with Crippen LogP contribution in [0.1, 0.15) is 32.1 Å². The molecular weight excluding hydrogens is 368 g/mol. The zero-order chi connectivity index (χ0) is 18.4. The third-order valence-corrected chi connectivity index (χ3v) is 6.54. The van der Waals surface area contributed by atoms with E-state index in [2.05, 4.69) is 15.5 Å². The topological polar surface area (TPSA) is 67.3 Å². The summed E-state index contributed by atoms with van der Waals surface area (Å²) in [5, 5.41) is 12.2. The van der Waals surface area contributed by atoms with Gasteiger partial charge in [0.1, 0.15) is 5.75 Å². The largest absolute Gasteiger partial charge is 0.497 e. The first-order valence-electron chi connectivity index (χ1n) is 8.79. The first-order chi connectivity index (χ1) is 12.7. The van der Waals surface area contributed by atoms with Crippen LogP contribution in [0.4, 0.5) is 10.8 Å². The molecular formula is C18H24N4O2S2. The molecule has 140 valence electrons. The fourth-order valence-corrected chi connectivity index (χ4v) is 4.71. The Morgan fingerprint density at radius 2 is 2.00 bits per heavy atom. The van der Waals surface area contributed by atoms with Crippen molar-refractivity contribution in [3.8, 4) is 5.75 Å². The molecule has 0 unspecified atom stereocenters. The van der Waals surface area contributed by atoms with Crippen molar-refractivity contribution in [3.05, 3.63) is 24.3 Å². The number of amides is 1. The van der Waals surface area contributed by atoms with Crippen LogP contribution in [0.25, 0.3) is 0 Å². The maximum atomic E-state index is 12.4. The van der Waals surface area contributed by atoms with Gasteiger partial charge >= 0.3 is 0 Å². The average Bonchev–Trinajstić information content (AvgIpc) is 3.14. The molecule has 26 heavy (non-hydrogen) atoms. The van der Waals surface area contributed by atoms with Crippen molar-refractivity contribution in [1.82, 2.24) is 15.1 Å². The summed E-state index contributed by atoms with van der Waals surface area (Å²) < 4.78 is 5.95. The Morgan fingerprint density at radius 1 is 1.27 bits per heavy atom. The fraction of sp³-hybridized carbons (Fsp3) is 0.500. The van der Waals surface area contributed by atoms with E-state index >= 15 is 0 Å². The summed E-state index contributed by atoms with van der Waals surface area (Å²) >= 11 is 2.91. The molecule has 6 nitrogen and oxygen atoms in total. The van der Waals surface area contributed by atoms with E-state index in [4.69, 9.17) is 4.74 Å². The van der Waals surface area contributed by atoms with Gasteiger partial charge in [0, 0.05) is 18.8 Å². The number of thioether (sulfide) groups is 1. The smallest absolute Gasteiger partial charge is 0.233 e. The Kier molecular flexibility index (Phi) is 6.73. The van der Waals surface area contributed by atoms with Crippen LogP contribution in [-0.4, -0.2) is 47.0 Å². The lowest BCUT2D eigenvalue weighted by Crippen LogP contribution is -2.39. The fourth-order valence-electron chi connectivity index (χ4n) is 3.01. The summed E-state index contributed by atoms with van der Waals surface area (Å²) in [4.78, 5) is 14.3. The first kappa shape index (κ1) is 19.0. The van der Waals surface area contributed by atoms with Crippen LogP contribution in [0.2, 0.25) is 0 Å². The number of hydrogen-bond acceptors (Lipinski definition) is 7. The second kappa shape index (κ2) is 9.23. The third kappa shape index (κ3) is 5.11. The Labute approximate surface area is 162 Å². The number of methoxy groups -OCH3 is 1. The quantitative estimate of drug-likeness (QED) is 0.713. The van der Waals surface area contributed by atoms with Crippen LogP contribution < -0.4 is 10.1 Å². The van der Waals surface area contributed by atoms with Gasteiger partial charge in [0.05, 0.1) is 12.9 Å². The van der Waals surface area contributed by atoms with Gasteiger partial charge in [-0.05, 0) is 37.1 Å². The predicted octanol–water partition coefficient (Wildman–Crippen LogP) is 4.17. The van der Waals surface area contributed by atoms with E-state index in [1.54, 1.807) is 7.11 Å². The number of nitrogens with one attached hydrogen (secondary N) is 1. The molecule has 1 aromatic carbocycles. The molecule has 1 amide bonds. The maximum Gasteiger partial charge on any atom is 0.233 e. The Morgan fingerprint density at radius 3 is 2.69 bits per heavy atom. The average molecular weight is 393 g/mol. The summed E-state index contributed by atoms with van der Waals surface area (Å²) in [5.41, 5.74) is 0.923. The maximum absolute atomic E-state index is 12.4. The van der Waals surface area contributed by atoms with Gasteiger partial charge in [-0.25, -0.2) is 0 Å². The predicted molar refractivity (Wildman–Crippen MR) is 107 cm³/mol. The summed E-state index contributed by atoms with van der Waals surface area (Å²) in [6.07, 6.45) is 6.00. The molecule has 8 heteroatoms. The van der Waals surface area contributed by atoms with Crippen molar-refractivity contribution in [2.24, 2.45) is 0 Å². The second-order valence-corrected chi connectivity index (χ2v) is 8.51. The highest BCUT2D eigenvalue weighted by atomic mass is 32.2. The van der Waals surface area contributed by atoms with E-state index in [1.165, 1.54) is 42.4 Å². The molecule has 0 aliphatic heterocycles. The van der Waals surface area contributed by atoms with Crippen molar-refractivity contribution < 1.29 is 9.53 Å². The van der Waals surface area contributed by atoms with Gasteiger partial charge < -0.3 is 15.0 Å². The van der Waals surface area contributed by atoms with Crippen LogP contribution in [0.3, 0.4) is 0 Å². The van der Waals surface area contributed by atoms with Crippen LogP contribution in [-0.2, 0) is 4.79 Å². The molecule has 3 rings (SSSR count). The lowest BCUT2D eigenvalue weighted by molar-refractivity contribution is -0.129. The molecule has 0 atom stereocenters. The molecule has 0 saturated heterocycles. The highest BCUT2D eigenvalue weighted by Crippen LogP contribution is 2.29. The van der Waals surface area contributed by atoms with Gasteiger partial charge in [-0.3, -0.25) is 4.79 Å². The normalized spacial score (nSPS) is 14.8. The Hall–Kier alpha value is -1.80. The first-order valence-corrected chi connectivity index (χ1v) is 10.6. The highest BCUT2D eigenvalue weighted by molar-refractivity contribution is 8.01. The summed E-state index contributed by atoms with van der Waals surface area (Å²) in [7, 11) is 3.57. The van der Waals surface area contributed by atoms with Gasteiger partial charge in [0.15, 0.2) is 4.34 Å². The third-order valence-electron chi connectivity index (χ3n) is 4.58. The lowest BCUT2D eigenvalue weighted by atomic mass is 9.94. The highest BCUT2D eigenvalue weighted by Gasteiger charge is 2.22. The number of nitrogens with zero attached hydrogens (tertiary/aromatic N) is 3. The molecule has 1 aromatic heterocycles. The van der Waals surface area contributed by atoms with E-state index in [-0.39, 0.29) is 5.91 Å². The van der Waals surface area contributed by atoms with Crippen molar-refractivity contribution in [2.75, 3.05) is 25.2 Å². The molecule has 0 radical (unpaired) electrons. The molecule has 1 saturated carbocycles. The molecule has 0 spiro atoms. The molecule has 1 N–H and O–H groups in total. The van der Waals surface area contributed by atoms with Gasteiger partial charge in [0.25, 0.3) is 0 Å². The number of rotatable bonds is 7. The SMILES string of the molecule is COc1ccc(Nc2nnc(SCC(=O)N(C)C3CCCCC3)s2)cc1. The Balaban J connectivity index is 1.49. The van der Waals surface area contributed by atoms with E-state index in [9.17, 15) is 4.79 Å². The van der Waals surface area contributed by atoms with E-state index < -0.39 is 0 Å². The molecule has 1 fully saturated rings. The minimum Gasteiger partial charge on any atom is -0.497 e. The van der Waals surface area contributed by atoms with Crippen LogP contribution >= 0.6 is 23.1 Å². The molecule has 2 aromatic rings. The van der Waals surface area contributed by atoms with Crippen LogP contribution in [0, 0.1) is 0 Å². The summed E-state index contributed by atoms with van der Waals surface area (Å²) in [6.45, 7) is 0. The number of carbonyl (C=O) groups is 1. The number of hydrogen-bond donors (Lipinski definition) is 1.